The summed E-state index contributed by atoms with van der Waals surface area (Å²) in [6, 6.07) is 9.11. The number of benzene rings is 1. The Morgan fingerprint density at radius 2 is 2.20 bits per heavy atom. The molecule has 0 amide bonds. The second-order valence-corrected chi connectivity index (χ2v) is 5.26. The summed E-state index contributed by atoms with van der Waals surface area (Å²) in [6.45, 7) is 1.87. The molecule has 0 radical (unpaired) electrons. The number of para-hydroxylation sites is 1. The highest BCUT2D eigenvalue weighted by Crippen LogP contribution is 2.33. The largest absolute Gasteiger partial charge is 0.364 e. The summed E-state index contributed by atoms with van der Waals surface area (Å²) in [5, 5.41) is 7.59. The van der Waals surface area contributed by atoms with Crippen LogP contribution in [0.1, 0.15) is 30.3 Å². The van der Waals surface area contributed by atoms with Crippen LogP contribution < -0.4 is 10.2 Å². The molecule has 2 aromatic rings. The van der Waals surface area contributed by atoms with Crippen molar-refractivity contribution in [3.05, 3.63) is 42.0 Å². The molecule has 1 aromatic heterocycles. The molecule has 1 aliphatic rings. The van der Waals surface area contributed by atoms with Crippen LogP contribution in [0.25, 0.3) is 0 Å². The third kappa shape index (κ3) is 2.41. The van der Waals surface area contributed by atoms with Crippen LogP contribution >= 0.6 is 0 Å². The first-order valence-electron chi connectivity index (χ1n) is 7.13. The van der Waals surface area contributed by atoms with Crippen LogP contribution in [0.15, 0.2) is 30.6 Å². The Balaban J connectivity index is 1.93. The lowest BCUT2D eigenvalue weighted by molar-refractivity contribution is 0.540. The van der Waals surface area contributed by atoms with Gasteiger partial charge in [-0.1, -0.05) is 18.2 Å². The number of hydrogen-bond donors (Lipinski definition) is 1. The van der Waals surface area contributed by atoms with Crippen LogP contribution in [-0.4, -0.2) is 28.4 Å². The summed E-state index contributed by atoms with van der Waals surface area (Å²) in [5.74, 6) is 1.00. The van der Waals surface area contributed by atoms with Gasteiger partial charge >= 0.3 is 0 Å². The summed E-state index contributed by atoms with van der Waals surface area (Å²) in [7, 11) is 3.99. The molecular formula is C15H21N5. The molecule has 0 aliphatic carbocycles. The van der Waals surface area contributed by atoms with Crippen LogP contribution in [0.3, 0.4) is 0 Å². The average Bonchev–Trinajstić information content (AvgIpc) is 2.79. The van der Waals surface area contributed by atoms with Crippen molar-refractivity contribution in [2.75, 3.05) is 18.5 Å². The number of anilines is 1. The maximum absolute atomic E-state index is 4.35. The van der Waals surface area contributed by atoms with Gasteiger partial charge in [-0.25, -0.2) is 4.98 Å². The maximum Gasteiger partial charge on any atom is 0.146 e. The number of aromatic nitrogens is 3. The van der Waals surface area contributed by atoms with Crippen molar-refractivity contribution in [1.29, 1.82) is 0 Å². The molecule has 5 heteroatoms. The minimum absolute atomic E-state index is 0.440. The second-order valence-electron chi connectivity index (χ2n) is 5.26. The smallest absolute Gasteiger partial charge is 0.146 e. The first kappa shape index (κ1) is 13.1. The SMILES string of the molecule is CNC1CCCN(Cc2ncnn2C)c2ccccc21. The highest BCUT2D eigenvalue weighted by atomic mass is 15.3. The van der Waals surface area contributed by atoms with E-state index in [0.717, 1.165) is 18.9 Å². The van der Waals surface area contributed by atoms with E-state index in [1.165, 1.54) is 24.1 Å². The minimum Gasteiger partial charge on any atom is -0.364 e. The number of rotatable bonds is 3. The van der Waals surface area contributed by atoms with Crippen molar-refractivity contribution < 1.29 is 0 Å². The molecule has 0 spiro atoms. The van der Waals surface area contributed by atoms with Crippen molar-refractivity contribution >= 4 is 5.69 Å². The molecule has 0 saturated heterocycles. The van der Waals surface area contributed by atoms with E-state index in [-0.39, 0.29) is 0 Å². The van der Waals surface area contributed by atoms with Gasteiger partial charge in [0.2, 0.25) is 0 Å². The fourth-order valence-electron chi connectivity index (χ4n) is 2.93. The van der Waals surface area contributed by atoms with E-state index in [4.69, 9.17) is 0 Å². The predicted molar refractivity (Wildman–Crippen MR) is 79.5 cm³/mol. The zero-order valence-electron chi connectivity index (χ0n) is 12.1. The number of nitrogens with one attached hydrogen (secondary N) is 1. The Morgan fingerprint density at radius 3 is 2.95 bits per heavy atom. The monoisotopic (exact) mass is 271 g/mol. The van der Waals surface area contributed by atoms with Crippen molar-refractivity contribution in [2.24, 2.45) is 7.05 Å². The molecular weight excluding hydrogens is 250 g/mol. The minimum atomic E-state index is 0.440. The summed E-state index contributed by atoms with van der Waals surface area (Å²) in [5.41, 5.74) is 2.70. The van der Waals surface area contributed by atoms with Gasteiger partial charge in [0.15, 0.2) is 0 Å². The molecule has 0 bridgehead atoms. The third-order valence-corrected chi connectivity index (χ3v) is 4.06. The van der Waals surface area contributed by atoms with Gasteiger partial charge in [-0.15, -0.1) is 0 Å². The molecule has 1 aromatic carbocycles. The maximum atomic E-state index is 4.35. The molecule has 1 atom stereocenters. The molecule has 1 unspecified atom stereocenters. The van der Waals surface area contributed by atoms with E-state index >= 15 is 0 Å². The number of nitrogens with zero attached hydrogens (tertiary/aromatic N) is 4. The molecule has 1 N–H and O–H groups in total. The fraction of sp³-hybridized carbons (Fsp3) is 0.467. The number of fused-ring (bicyclic) bond motifs is 1. The van der Waals surface area contributed by atoms with Gasteiger partial charge in [-0.3, -0.25) is 4.68 Å². The van der Waals surface area contributed by atoms with E-state index in [2.05, 4.69) is 44.6 Å². The third-order valence-electron chi connectivity index (χ3n) is 4.06. The lowest BCUT2D eigenvalue weighted by Crippen LogP contribution is -2.25. The van der Waals surface area contributed by atoms with Crippen LogP contribution in [0.2, 0.25) is 0 Å². The Kier molecular flexibility index (Phi) is 3.69. The molecule has 1 aliphatic heterocycles. The zero-order chi connectivity index (χ0) is 13.9. The fourth-order valence-corrected chi connectivity index (χ4v) is 2.93. The first-order valence-corrected chi connectivity index (χ1v) is 7.13. The quantitative estimate of drug-likeness (QED) is 0.926. The Labute approximate surface area is 119 Å². The van der Waals surface area contributed by atoms with Gasteiger partial charge in [0, 0.05) is 25.3 Å². The second kappa shape index (κ2) is 5.63. The van der Waals surface area contributed by atoms with Crippen LogP contribution in [0.5, 0.6) is 0 Å². The molecule has 0 saturated carbocycles. The van der Waals surface area contributed by atoms with Crippen molar-refractivity contribution in [3.8, 4) is 0 Å². The van der Waals surface area contributed by atoms with Gasteiger partial charge in [0.1, 0.15) is 12.2 Å². The molecule has 3 rings (SSSR count). The van der Waals surface area contributed by atoms with Crippen LogP contribution in [0, 0.1) is 0 Å². The predicted octanol–water partition coefficient (Wildman–Crippen LogP) is 1.88. The van der Waals surface area contributed by atoms with Crippen molar-refractivity contribution in [1.82, 2.24) is 20.1 Å². The Hall–Kier alpha value is -1.88. The lowest BCUT2D eigenvalue weighted by atomic mass is 10.0. The summed E-state index contributed by atoms with van der Waals surface area (Å²) in [6.07, 6.45) is 3.97. The molecule has 20 heavy (non-hydrogen) atoms. The average molecular weight is 271 g/mol. The first-order chi connectivity index (χ1) is 9.79. The standard InChI is InChI=1S/C15H21N5/c1-16-13-7-5-9-20(10-15-17-11-18-19(15)2)14-8-4-3-6-12(13)14/h3-4,6,8,11,13,16H,5,7,9-10H2,1-2H3. The van der Waals surface area contributed by atoms with Crippen molar-refractivity contribution in [2.45, 2.75) is 25.4 Å². The van der Waals surface area contributed by atoms with Gasteiger partial charge in [-0.05, 0) is 31.5 Å². The van der Waals surface area contributed by atoms with Crippen LogP contribution in [0.4, 0.5) is 5.69 Å². The number of hydrogen-bond acceptors (Lipinski definition) is 4. The van der Waals surface area contributed by atoms with E-state index in [9.17, 15) is 0 Å². The summed E-state index contributed by atoms with van der Waals surface area (Å²) < 4.78 is 1.85. The summed E-state index contributed by atoms with van der Waals surface area (Å²) in [4.78, 5) is 6.76. The molecule has 5 nitrogen and oxygen atoms in total. The van der Waals surface area contributed by atoms with Gasteiger partial charge < -0.3 is 10.2 Å². The lowest BCUT2D eigenvalue weighted by Gasteiger charge is -2.25. The number of aryl methyl sites for hydroxylation is 1. The summed E-state index contributed by atoms with van der Waals surface area (Å²) >= 11 is 0. The van der Waals surface area contributed by atoms with E-state index in [0.29, 0.717) is 6.04 Å². The van der Waals surface area contributed by atoms with E-state index in [1.54, 1.807) is 6.33 Å². The zero-order valence-corrected chi connectivity index (χ0v) is 12.1. The van der Waals surface area contributed by atoms with Crippen molar-refractivity contribution in [3.63, 3.8) is 0 Å². The Bertz CT molecular complexity index is 577. The van der Waals surface area contributed by atoms with Crippen LogP contribution in [-0.2, 0) is 13.6 Å². The van der Waals surface area contributed by atoms with E-state index in [1.807, 2.05) is 18.8 Å². The van der Waals surface area contributed by atoms with E-state index < -0.39 is 0 Å². The molecule has 106 valence electrons. The normalized spacial score (nSPS) is 18.7. The van der Waals surface area contributed by atoms with Gasteiger partial charge in [0.25, 0.3) is 0 Å². The molecule has 0 fully saturated rings. The topological polar surface area (TPSA) is 46.0 Å². The van der Waals surface area contributed by atoms with Gasteiger partial charge in [-0.2, -0.15) is 5.10 Å². The van der Waals surface area contributed by atoms with Gasteiger partial charge in [0.05, 0.1) is 6.54 Å². The highest BCUT2D eigenvalue weighted by molar-refractivity contribution is 5.55. The molecule has 2 heterocycles. The highest BCUT2D eigenvalue weighted by Gasteiger charge is 2.22. The Morgan fingerprint density at radius 1 is 1.35 bits per heavy atom.